The highest BCUT2D eigenvalue weighted by molar-refractivity contribution is 7.80. The minimum Gasteiger partial charge on any atom is -0.493 e. The zero-order valence-corrected chi connectivity index (χ0v) is 14.0. The lowest BCUT2D eigenvalue weighted by molar-refractivity contribution is 0.355. The van der Waals surface area contributed by atoms with Crippen LogP contribution in [0.2, 0.25) is 0 Å². The van der Waals surface area contributed by atoms with Crippen molar-refractivity contribution in [1.82, 2.24) is 5.43 Å². The summed E-state index contributed by atoms with van der Waals surface area (Å²) < 4.78 is 10.4. The number of rotatable bonds is 6. The third-order valence-corrected chi connectivity index (χ3v) is 3.16. The molecule has 0 aliphatic rings. The maximum Gasteiger partial charge on any atom is 0.191 e. The molecule has 6 heteroatoms. The highest BCUT2D eigenvalue weighted by atomic mass is 32.1. The summed E-state index contributed by atoms with van der Waals surface area (Å²) in [4.78, 5) is 0. The minimum atomic E-state index is 0.395. The van der Waals surface area contributed by atoms with Gasteiger partial charge in [-0.25, -0.2) is 0 Å². The molecule has 5 nitrogen and oxygen atoms in total. The first kappa shape index (κ1) is 17.2. The lowest BCUT2D eigenvalue weighted by Crippen LogP contribution is -2.26. The van der Waals surface area contributed by atoms with E-state index in [9.17, 15) is 0 Å². The van der Waals surface area contributed by atoms with Crippen LogP contribution < -0.4 is 20.2 Å². The molecule has 2 N–H and O–H groups in total. The standard InChI is InChI=1S/C15H23N3O2S/c1-6-12(10(2)3)17-18-15(21)16-11-7-8-13(19-4)14(9-11)20-5/h7-10H,6H2,1-5H3,(H2,16,18,21)/b17-12-. The number of nitrogens with zero attached hydrogens (tertiary/aromatic N) is 1. The Morgan fingerprint density at radius 1 is 1.24 bits per heavy atom. The smallest absolute Gasteiger partial charge is 0.191 e. The first-order valence-electron chi connectivity index (χ1n) is 6.87. The second-order valence-corrected chi connectivity index (χ2v) is 5.16. The van der Waals surface area contributed by atoms with Crippen molar-refractivity contribution in [3.63, 3.8) is 0 Å². The zero-order valence-electron chi connectivity index (χ0n) is 13.2. The van der Waals surface area contributed by atoms with Gasteiger partial charge < -0.3 is 14.8 Å². The van der Waals surface area contributed by atoms with Crippen LogP contribution in [-0.2, 0) is 0 Å². The topological polar surface area (TPSA) is 54.9 Å². The molecule has 0 saturated carbocycles. The molecule has 0 spiro atoms. The number of nitrogens with one attached hydrogen (secondary N) is 2. The average molecular weight is 309 g/mol. The van der Waals surface area contributed by atoms with Gasteiger partial charge in [-0.3, -0.25) is 5.43 Å². The van der Waals surface area contributed by atoms with Gasteiger partial charge in [0.1, 0.15) is 0 Å². The largest absolute Gasteiger partial charge is 0.493 e. The summed E-state index contributed by atoms with van der Waals surface area (Å²) >= 11 is 5.23. The Balaban J connectivity index is 2.71. The van der Waals surface area contributed by atoms with Crippen molar-refractivity contribution in [3.8, 4) is 11.5 Å². The molecule has 0 unspecified atom stereocenters. The Kier molecular flexibility index (Phi) is 6.94. The second-order valence-electron chi connectivity index (χ2n) is 4.75. The average Bonchev–Trinajstić information content (AvgIpc) is 2.47. The number of hydrogen-bond donors (Lipinski definition) is 2. The number of thiocarbonyl (C=S) groups is 1. The summed E-state index contributed by atoms with van der Waals surface area (Å²) in [7, 11) is 3.20. The van der Waals surface area contributed by atoms with Crippen LogP contribution in [-0.4, -0.2) is 25.0 Å². The van der Waals surface area contributed by atoms with Crippen LogP contribution in [0.15, 0.2) is 23.3 Å². The summed E-state index contributed by atoms with van der Waals surface area (Å²) in [6, 6.07) is 5.50. The summed E-state index contributed by atoms with van der Waals surface area (Å²) in [5.74, 6) is 1.71. The van der Waals surface area contributed by atoms with Crippen molar-refractivity contribution < 1.29 is 9.47 Å². The van der Waals surface area contributed by atoms with E-state index in [4.69, 9.17) is 21.7 Å². The van der Waals surface area contributed by atoms with Gasteiger partial charge in [-0.15, -0.1) is 0 Å². The Hall–Kier alpha value is -1.82. The fraction of sp³-hybridized carbons (Fsp3) is 0.467. The summed E-state index contributed by atoms with van der Waals surface area (Å²) in [6.07, 6.45) is 0.892. The van der Waals surface area contributed by atoms with E-state index in [-0.39, 0.29) is 0 Å². The second kappa shape index (κ2) is 8.46. The van der Waals surface area contributed by atoms with Gasteiger partial charge in [0, 0.05) is 17.5 Å². The molecule has 0 fully saturated rings. The number of methoxy groups -OCH3 is 2. The fourth-order valence-electron chi connectivity index (χ4n) is 1.81. The third kappa shape index (κ3) is 5.23. The minimum absolute atomic E-state index is 0.395. The molecule has 0 atom stereocenters. The van der Waals surface area contributed by atoms with Crippen molar-refractivity contribution in [1.29, 1.82) is 0 Å². The van der Waals surface area contributed by atoms with Crippen molar-refractivity contribution in [2.45, 2.75) is 27.2 Å². The summed E-state index contributed by atoms with van der Waals surface area (Å²) in [5.41, 5.74) is 4.75. The van der Waals surface area contributed by atoms with E-state index in [1.807, 2.05) is 18.2 Å². The fourth-order valence-corrected chi connectivity index (χ4v) is 1.98. The number of benzene rings is 1. The van der Waals surface area contributed by atoms with E-state index in [1.54, 1.807) is 14.2 Å². The van der Waals surface area contributed by atoms with Crippen molar-refractivity contribution in [3.05, 3.63) is 18.2 Å². The SMILES string of the molecule is CC/C(=N/NC(=S)Nc1ccc(OC)c(OC)c1)C(C)C. The van der Waals surface area contributed by atoms with Gasteiger partial charge >= 0.3 is 0 Å². The van der Waals surface area contributed by atoms with E-state index < -0.39 is 0 Å². The number of hydrogen-bond acceptors (Lipinski definition) is 4. The van der Waals surface area contributed by atoms with E-state index in [0.29, 0.717) is 22.5 Å². The van der Waals surface area contributed by atoms with Gasteiger partial charge in [-0.2, -0.15) is 5.10 Å². The number of ether oxygens (including phenoxy) is 2. The number of anilines is 1. The van der Waals surface area contributed by atoms with Crippen LogP contribution in [0.1, 0.15) is 27.2 Å². The molecular formula is C15H23N3O2S. The first-order valence-corrected chi connectivity index (χ1v) is 7.28. The molecule has 0 bridgehead atoms. The first-order chi connectivity index (χ1) is 10.0. The third-order valence-electron chi connectivity index (χ3n) is 2.97. The Morgan fingerprint density at radius 2 is 1.90 bits per heavy atom. The lowest BCUT2D eigenvalue weighted by atomic mass is 10.1. The lowest BCUT2D eigenvalue weighted by Gasteiger charge is -2.12. The van der Waals surface area contributed by atoms with E-state index in [2.05, 4.69) is 36.6 Å². The van der Waals surface area contributed by atoms with E-state index in [0.717, 1.165) is 17.8 Å². The van der Waals surface area contributed by atoms with E-state index >= 15 is 0 Å². The molecular weight excluding hydrogens is 286 g/mol. The maximum atomic E-state index is 5.25. The van der Waals surface area contributed by atoms with Crippen molar-refractivity contribution >= 4 is 28.7 Å². The molecule has 0 amide bonds. The van der Waals surface area contributed by atoms with E-state index in [1.165, 1.54) is 0 Å². The molecule has 116 valence electrons. The van der Waals surface area contributed by atoms with Gasteiger partial charge in [0.15, 0.2) is 16.6 Å². The monoisotopic (exact) mass is 309 g/mol. The predicted octanol–water partition coefficient (Wildman–Crippen LogP) is 3.41. The quantitative estimate of drug-likeness (QED) is 0.479. The van der Waals surface area contributed by atoms with Gasteiger partial charge in [0.25, 0.3) is 0 Å². The van der Waals surface area contributed by atoms with Gasteiger partial charge in [-0.1, -0.05) is 20.8 Å². The molecule has 0 saturated heterocycles. The molecule has 21 heavy (non-hydrogen) atoms. The predicted molar refractivity (Wildman–Crippen MR) is 91.5 cm³/mol. The molecule has 1 aromatic rings. The summed E-state index contributed by atoms with van der Waals surface area (Å²) in [5, 5.41) is 7.82. The molecule has 0 aromatic heterocycles. The van der Waals surface area contributed by atoms with Crippen molar-refractivity contribution in [2.75, 3.05) is 19.5 Å². The Bertz CT molecular complexity index is 516. The van der Waals surface area contributed by atoms with Crippen LogP contribution >= 0.6 is 12.2 Å². The number of hydrazone groups is 1. The molecule has 1 aromatic carbocycles. The molecule has 0 aliphatic carbocycles. The molecule has 0 aliphatic heterocycles. The van der Waals surface area contributed by atoms with Crippen LogP contribution in [0.25, 0.3) is 0 Å². The molecule has 1 rings (SSSR count). The van der Waals surface area contributed by atoms with Gasteiger partial charge in [0.05, 0.1) is 14.2 Å². The highest BCUT2D eigenvalue weighted by Crippen LogP contribution is 2.29. The zero-order chi connectivity index (χ0) is 15.8. The van der Waals surface area contributed by atoms with Crippen LogP contribution in [0.4, 0.5) is 5.69 Å². The highest BCUT2D eigenvalue weighted by Gasteiger charge is 2.06. The Labute approximate surface area is 131 Å². The maximum absolute atomic E-state index is 5.25. The Morgan fingerprint density at radius 3 is 2.43 bits per heavy atom. The van der Waals surface area contributed by atoms with Crippen LogP contribution in [0.3, 0.4) is 0 Å². The normalized spacial score (nSPS) is 11.2. The van der Waals surface area contributed by atoms with Gasteiger partial charge in [0.2, 0.25) is 0 Å². The van der Waals surface area contributed by atoms with Crippen LogP contribution in [0, 0.1) is 5.92 Å². The van der Waals surface area contributed by atoms with Gasteiger partial charge in [-0.05, 0) is 36.7 Å². The molecule has 0 heterocycles. The van der Waals surface area contributed by atoms with Crippen molar-refractivity contribution in [2.24, 2.45) is 11.0 Å². The van der Waals surface area contributed by atoms with Crippen LogP contribution in [0.5, 0.6) is 11.5 Å². The summed E-state index contributed by atoms with van der Waals surface area (Å²) in [6.45, 7) is 6.29. The molecule has 0 radical (unpaired) electrons.